The van der Waals surface area contributed by atoms with Crippen LogP contribution >= 0.6 is 0 Å². The first-order valence-corrected chi connectivity index (χ1v) is 8.22. The van der Waals surface area contributed by atoms with E-state index in [1.807, 2.05) is 13.8 Å². The fourth-order valence-corrected chi connectivity index (χ4v) is 3.01. The number of hydrogen-bond acceptors (Lipinski definition) is 4. The maximum absolute atomic E-state index is 14.0. The van der Waals surface area contributed by atoms with E-state index in [-0.39, 0.29) is 11.9 Å². The average molecular weight is 346 g/mol. The van der Waals surface area contributed by atoms with Crippen molar-refractivity contribution < 1.29 is 13.6 Å². The van der Waals surface area contributed by atoms with E-state index in [9.17, 15) is 13.6 Å². The Morgan fingerprint density at radius 2 is 1.84 bits per heavy atom. The van der Waals surface area contributed by atoms with E-state index in [0.29, 0.717) is 37.4 Å². The molecular formula is C18H20F2N4O. The van der Waals surface area contributed by atoms with Gasteiger partial charge in [0.2, 0.25) is 0 Å². The fraction of sp³-hybridized carbons (Fsp3) is 0.389. The summed E-state index contributed by atoms with van der Waals surface area (Å²) in [6.07, 6.45) is 3.06. The van der Waals surface area contributed by atoms with Crippen molar-refractivity contribution in [3.8, 4) is 0 Å². The van der Waals surface area contributed by atoms with Crippen molar-refractivity contribution >= 4 is 5.91 Å². The minimum Gasteiger partial charge on any atom is -0.335 e. The van der Waals surface area contributed by atoms with Crippen LogP contribution in [0.25, 0.3) is 0 Å². The van der Waals surface area contributed by atoms with E-state index >= 15 is 0 Å². The lowest BCUT2D eigenvalue weighted by molar-refractivity contribution is 0.0573. The highest BCUT2D eigenvalue weighted by molar-refractivity contribution is 5.92. The number of carbonyl (C=O) groups excluding carboxylic acids is 1. The van der Waals surface area contributed by atoms with Gasteiger partial charge in [-0.3, -0.25) is 14.7 Å². The summed E-state index contributed by atoms with van der Waals surface area (Å²) in [5.41, 5.74) is 1.55. The predicted molar refractivity (Wildman–Crippen MR) is 89.0 cm³/mol. The Kier molecular flexibility index (Phi) is 5.03. The minimum absolute atomic E-state index is 0.146. The SMILES string of the molecule is Cc1cnc(C(=O)N2CCN(C(C)c3ccc(F)cc3F)CC2)cn1. The second kappa shape index (κ2) is 7.23. The van der Waals surface area contributed by atoms with Crippen molar-refractivity contribution in [3.63, 3.8) is 0 Å². The zero-order valence-corrected chi connectivity index (χ0v) is 14.2. The summed E-state index contributed by atoms with van der Waals surface area (Å²) in [6, 6.07) is 3.47. The van der Waals surface area contributed by atoms with Gasteiger partial charge in [0.1, 0.15) is 17.3 Å². The number of hydrogen-bond donors (Lipinski definition) is 0. The highest BCUT2D eigenvalue weighted by Gasteiger charge is 2.27. The maximum atomic E-state index is 14.0. The van der Waals surface area contributed by atoms with Crippen molar-refractivity contribution in [1.29, 1.82) is 0 Å². The molecule has 0 bridgehead atoms. The molecule has 1 aliphatic heterocycles. The zero-order valence-electron chi connectivity index (χ0n) is 14.2. The fourth-order valence-electron chi connectivity index (χ4n) is 3.01. The van der Waals surface area contributed by atoms with Gasteiger partial charge in [0.25, 0.3) is 5.91 Å². The largest absolute Gasteiger partial charge is 0.335 e. The summed E-state index contributed by atoms with van der Waals surface area (Å²) in [5.74, 6) is -1.27. The summed E-state index contributed by atoms with van der Waals surface area (Å²) in [6.45, 7) is 5.99. The summed E-state index contributed by atoms with van der Waals surface area (Å²) >= 11 is 0. The quantitative estimate of drug-likeness (QED) is 0.857. The number of rotatable bonds is 3. The Morgan fingerprint density at radius 3 is 2.44 bits per heavy atom. The third kappa shape index (κ3) is 3.82. The van der Waals surface area contributed by atoms with Gasteiger partial charge in [-0.15, -0.1) is 0 Å². The van der Waals surface area contributed by atoms with Crippen LogP contribution in [0.4, 0.5) is 8.78 Å². The molecule has 2 heterocycles. The molecule has 3 rings (SSSR count). The van der Waals surface area contributed by atoms with Crippen molar-refractivity contribution in [2.45, 2.75) is 19.9 Å². The van der Waals surface area contributed by atoms with Gasteiger partial charge in [0.05, 0.1) is 11.9 Å². The molecule has 1 aliphatic rings. The van der Waals surface area contributed by atoms with Crippen LogP contribution in [0.1, 0.15) is 34.7 Å². The van der Waals surface area contributed by atoms with Crippen molar-refractivity contribution in [1.82, 2.24) is 19.8 Å². The zero-order chi connectivity index (χ0) is 18.0. The lowest BCUT2D eigenvalue weighted by Gasteiger charge is -2.38. The monoisotopic (exact) mass is 346 g/mol. The Bertz CT molecular complexity index is 758. The Labute approximate surface area is 145 Å². The number of halogens is 2. The first-order valence-electron chi connectivity index (χ1n) is 8.22. The molecule has 1 atom stereocenters. The van der Waals surface area contributed by atoms with Gasteiger partial charge in [-0.05, 0) is 19.9 Å². The number of benzene rings is 1. The van der Waals surface area contributed by atoms with Crippen LogP contribution in [0.15, 0.2) is 30.6 Å². The van der Waals surface area contributed by atoms with Crippen LogP contribution in [-0.4, -0.2) is 51.9 Å². The molecular weight excluding hydrogens is 326 g/mol. The molecule has 1 saturated heterocycles. The standard InChI is InChI=1S/C18H20F2N4O/c1-12-10-22-17(11-21-12)18(25)24-7-5-23(6-8-24)13(2)15-4-3-14(19)9-16(15)20/h3-4,9-11,13H,5-8H2,1-2H3. The number of aryl methyl sites for hydroxylation is 1. The highest BCUT2D eigenvalue weighted by Crippen LogP contribution is 2.24. The summed E-state index contributed by atoms with van der Waals surface area (Å²) in [7, 11) is 0. The van der Waals surface area contributed by atoms with E-state index in [4.69, 9.17) is 0 Å². The maximum Gasteiger partial charge on any atom is 0.274 e. The molecule has 7 heteroatoms. The van der Waals surface area contributed by atoms with Crippen LogP contribution in [0, 0.1) is 18.6 Å². The number of piperazine rings is 1. The normalized spacial score (nSPS) is 16.7. The van der Waals surface area contributed by atoms with E-state index < -0.39 is 11.6 Å². The van der Waals surface area contributed by atoms with Gasteiger partial charge in [0, 0.05) is 50.0 Å². The lowest BCUT2D eigenvalue weighted by Crippen LogP contribution is -2.49. The molecule has 2 aromatic rings. The lowest BCUT2D eigenvalue weighted by atomic mass is 10.1. The van der Waals surface area contributed by atoms with Gasteiger partial charge >= 0.3 is 0 Å². The summed E-state index contributed by atoms with van der Waals surface area (Å²) < 4.78 is 27.0. The number of carbonyl (C=O) groups is 1. The minimum atomic E-state index is -0.580. The van der Waals surface area contributed by atoms with Crippen LogP contribution in [-0.2, 0) is 0 Å². The third-order valence-electron chi connectivity index (χ3n) is 4.56. The van der Waals surface area contributed by atoms with E-state index in [0.717, 1.165) is 11.8 Å². The molecule has 1 unspecified atom stereocenters. The molecule has 1 aromatic heterocycles. The van der Waals surface area contributed by atoms with Crippen LogP contribution in [0.5, 0.6) is 0 Å². The van der Waals surface area contributed by atoms with Gasteiger partial charge in [-0.2, -0.15) is 0 Å². The van der Waals surface area contributed by atoms with E-state index in [2.05, 4.69) is 14.9 Å². The number of amides is 1. The van der Waals surface area contributed by atoms with Gasteiger partial charge in [-0.25, -0.2) is 13.8 Å². The molecule has 0 saturated carbocycles. The topological polar surface area (TPSA) is 49.3 Å². The van der Waals surface area contributed by atoms with Gasteiger partial charge < -0.3 is 4.90 Å². The average Bonchev–Trinajstić information content (AvgIpc) is 2.61. The molecule has 5 nitrogen and oxygen atoms in total. The van der Waals surface area contributed by atoms with E-state index in [1.165, 1.54) is 18.3 Å². The second-order valence-corrected chi connectivity index (χ2v) is 6.21. The summed E-state index contributed by atoms with van der Waals surface area (Å²) in [4.78, 5) is 24.5. The molecule has 1 aromatic carbocycles. The Balaban J connectivity index is 1.63. The van der Waals surface area contributed by atoms with E-state index in [1.54, 1.807) is 11.1 Å². The second-order valence-electron chi connectivity index (χ2n) is 6.21. The van der Waals surface area contributed by atoms with Gasteiger partial charge in [0.15, 0.2) is 0 Å². The van der Waals surface area contributed by atoms with Crippen LogP contribution in [0.2, 0.25) is 0 Å². The molecule has 0 N–H and O–H groups in total. The molecule has 132 valence electrons. The van der Waals surface area contributed by atoms with Crippen molar-refractivity contribution in [2.24, 2.45) is 0 Å². The van der Waals surface area contributed by atoms with Crippen LogP contribution < -0.4 is 0 Å². The molecule has 25 heavy (non-hydrogen) atoms. The molecule has 1 amide bonds. The predicted octanol–water partition coefficient (Wildman–Crippen LogP) is 2.58. The van der Waals surface area contributed by atoms with Crippen molar-refractivity contribution in [2.75, 3.05) is 26.2 Å². The Morgan fingerprint density at radius 1 is 1.12 bits per heavy atom. The highest BCUT2D eigenvalue weighted by atomic mass is 19.1. The molecule has 0 radical (unpaired) electrons. The first-order chi connectivity index (χ1) is 12.0. The van der Waals surface area contributed by atoms with Gasteiger partial charge in [-0.1, -0.05) is 6.07 Å². The number of aromatic nitrogens is 2. The van der Waals surface area contributed by atoms with Crippen molar-refractivity contribution in [3.05, 3.63) is 59.2 Å². The Hall–Kier alpha value is -2.41. The smallest absolute Gasteiger partial charge is 0.274 e. The number of nitrogens with zero attached hydrogens (tertiary/aromatic N) is 4. The molecule has 0 spiro atoms. The molecule has 0 aliphatic carbocycles. The molecule has 1 fully saturated rings. The summed E-state index contributed by atoms with van der Waals surface area (Å²) in [5, 5.41) is 0. The third-order valence-corrected chi connectivity index (χ3v) is 4.56. The van der Waals surface area contributed by atoms with Crippen LogP contribution in [0.3, 0.4) is 0 Å². The first kappa shape index (κ1) is 17.4.